The first-order valence-electron chi connectivity index (χ1n) is 5.18. The van der Waals surface area contributed by atoms with Crippen molar-refractivity contribution in [3.8, 4) is 0 Å². The van der Waals surface area contributed by atoms with Gasteiger partial charge in [-0.25, -0.2) is 0 Å². The first kappa shape index (κ1) is 11.2. The molecule has 0 bridgehead atoms. The monoisotopic (exact) mass is 280 g/mol. The second kappa shape index (κ2) is 4.70. The predicted octanol–water partition coefficient (Wildman–Crippen LogP) is 2.61. The fraction of sp³-hybridized carbons (Fsp3) is 0.250. The molecular formula is C12H13BrN2O. The van der Waals surface area contributed by atoms with Crippen molar-refractivity contribution in [2.45, 2.75) is 13.3 Å². The Morgan fingerprint density at radius 2 is 2.19 bits per heavy atom. The van der Waals surface area contributed by atoms with E-state index in [1.165, 1.54) is 17.9 Å². The van der Waals surface area contributed by atoms with Crippen LogP contribution in [0, 0.1) is 0 Å². The highest BCUT2D eigenvalue weighted by atomic mass is 79.9. The molecule has 0 fully saturated rings. The Labute approximate surface area is 102 Å². The predicted molar refractivity (Wildman–Crippen MR) is 68.4 cm³/mol. The second-order valence-electron chi connectivity index (χ2n) is 3.70. The van der Waals surface area contributed by atoms with Gasteiger partial charge in [0.1, 0.15) is 0 Å². The van der Waals surface area contributed by atoms with Gasteiger partial charge in [-0.15, -0.1) is 0 Å². The normalized spacial score (nSPS) is 10.6. The fourth-order valence-electron chi connectivity index (χ4n) is 1.78. The Hall–Kier alpha value is -1.29. The third-order valence-corrected chi connectivity index (χ3v) is 3.19. The molecule has 0 spiro atoms. The molecule has 3 nitrogen and oxygen atoms in total. The van der Waals surface area contributed by atoms with Crippen molar-refractivity contribution in [2.24, 2.45) is 0 Å². The van der Waals surface area contributed by atoms with Crippen molar-refractivity contribution in [2.75, 3.05) is 6.54 Å². The molecule has 16 heavy (non-hydrogen) atoms. The number of carbonyl (C=O) groups excluding carboxylic acids is 1. The molecule has 0 saturated heterocycles. The van der Waals surface area contributed by atoms with Crippen LogP contribution in [0.5, 0.6) is 0 Å². The van der Waals surface area contributed by atoms with Crippen LogP contribution in [-0.4, -0.2) is 17.4 Å². The van der Waals surface area contributed by atoms with E-state index >= 15 is 0 Å². The molecule has 0 aliphatic carbocycles. The van der Waals surface area contributed by atoms with Crippen molar-refractivity contribution >= 4 is 32.7 Å². The Bertz CT molecular complexity index is 519. The highest BCUT2D eigenvalue weighted by Gasteiger charge is 2.08. The van der Waals surface area contributed by atoms with Gasteiger partial charge in [0.25, 0.3) is 0 Å². The van der Waals surface area contributed by atoms with E-state index in [0.29, 0.717) is 6.54 Å². The van der Waals surface area contributed by atoms with Gasteiger partial charge in [-0.3, -0.25) is 4.79 Å². The minimum absolute atomic E-state index is 0.0102. The number of fused-ring (bicyclic) bond motifs is 1. The average Bonchev–Trinajstić information content (AvgIpc) is 2.55. The lowest BCUT2D eigenvalue weighted by atomic mass is 10.1. The highest BCUT2D eigenvalue weighted by molar-refractivity contribution is 9.10. The molecule has 4 heteroatoms. The molecule has 2 N–H and O–H groups in total. The number of H-pyrrole nitrogens is 1. The topological polar surface area (TPSA) is 44.9 Å². The van der Waals surface area contributed by atoms with Gasteiger partial charge < -0.3 is 10.3 Å². The Morgan fingerprint density at radius 3 is 2.94 bits per heavy atom. The second-order valence-corrected chi connectivity index (χ2v) is 4.49. The van der Waals surface area contributed by atoms with Crippen molar-refractivity contribution in [1.29, 1.82) is 0 Å². The lowest BCUT2D eigenvalue weighted by molar-refractivity contribution is -0.118. The van der Waals surface area contributed by atoms with Crippen LogP contribution in [0.2, 0.25) is 0 Å². The molecule has 1 aromatic carbocycles. The number of hydrogen-bond donors (Lipinski definition) is 2. The summed E-state index contributed by atoms with van der Waals surface area (Å²) in [6.07, 6.45) is 0.824. The summed E-state index contributed by atoms with van der Waals surface area (Å²) in [5.41, 5.74) is 2.33. The lowest BCUT2D eigenvalue weighted by Gasteiger charge is -2.01. The van der Waals surface area contributed by atoms with Crippen LogP contribution < -0.4 is 5.32 Å². The quantitative estimate of drug-likeness (QED) is 0.892. The zero-order chi connectivity index (χ0) is 11.5. The minimum Gasteiger partial charge on any atom is -0.356 e. The number of carbonyl (C=O) groups is 1. The number of aromatic amines is 1. The van der Waals surface area contributed by atoms with Gasteiger partial charge in [0.15, 0.2) is 0 Å². The third kappa shape index (κ3) is 2.27. The maximum Gasteiger partial charge on any atom is 0.216 e. The highest BCUT2D eigenvalue weighted by Crippen LogP contribution is 2.26. The molecule has 0 unspecified atom stereocenters. The number of amides is 1. The summed E-state index contributed by atoms with van der Waals surface area (Å²) in [6, 6.07) is 8.15. The zero-order valence-corrected chi connectivity index (χ0v) is 10.6. The van der Waals surface area contributed by atoms with E-state index in [1.54, 1.807) is 0 Å². The van der Waals surface area contributed by atoms with Gasteiger partial charge in [-0.1, -0.05) is 18.2 Å². The van der Waals surface area contributed by atoms with Gasteiger partial charge in [-0.2, -0.15) is 0 Å². The molecule has 1 amide bonds. The van der Waals surface area contributed by atoms with Gasteiger partial charge >= 0.3 is 0 Å². The maximum atomic E-state index is 10.8. The van der Waals surface area contributed by atoms with E-state index in [0.717, 1.165) is 16.5 Å². The Balaban J connectivity index is 2.22. The summed E-state index contributed by atoms with van der Waals surface area (Å²) in [6.45, 7) is 2.19. The number of rotatable bonds is 3. The first-order valence-corrected chi connectivity index (χ1v) is 5.97. The van der Waals surface area contributed by atoms with E-state index in [2.05, 4.69) is 32.3 Å². The van der Waals surface area contributed by atoms with E-state index in [4.69, 9.17) is 0 Å². The number of aromatic nitrogens is 1. The van der Waals surface area contributed by atoms with Crippen molar-refractivity contribution < 1.29 is 4.79 Å². The van der Waals surface area contributed by atoms with Crippen LogP contribution in [-0.2, 0) is 11.2 Å². The Kier molecular flexibility index (Phi) is 3.29. The largest absolute Gasteiger partial charge is 0.356 e. The van der Waals surface area contributed by atoms with E-state index in [-0.39, 0.29) is 5.91 Å². The summed E-state index contributed by atoms with van der Waals surface area (Å²) in [5, 5.41) is 4.01. The van der Waals surface area contributed by atoms with Gasteiger partial charge in [0.05, 0.1) is 4.60 Å². The number of nitrogens with one attached hydrogen (secondary N) is 2. The van der Waals surface area contributed by atoms with Crippen molar-refractivity contribution in [3.63, 3.8) is 0 Å². The molecule has 0 radical (unpaired) electrons. The molecule has 1 heterocycles. The van der Waals surface area contributed by atoms with Crippen LogP contribution in [0.4, 0.5) is 0 Å². The number of halogens is 1. The Morgan fingerprint density at radius 1 is 1.44 bits per heavy atom. The van der Waals surface area contributed by atoms with Gasteiger partial charge in [-0.05, 0) is 34.0 Å². The van der Waals surface area contributed by atoms with Crippen molar-refractivity contribution in [3.05, 3.63) is 34.4 Å². The molecule has 0 atom stereocenters. The first-order chi connectivity index (χ1) is 7.68. The number of para-hydroxylation sites is 1. The molecule has 0 saturated carbocycles. The smallest absolute Gasteiger partial charge is 0.216 e. The van der Waals surface area contributed by atoms with Crippen LogP contribution in [0.15, 0.2) is 28.9 Å². The SMILES string of the molecule is CC(=O)NCCc1c(Br)[nH]c2ccccc12. The molecule has 0 aliphatic heterocycles. The number of benzene rings is 1. The lowest BCUT2D eigenvalue weighted by Crippen LogP contribution is -2.22. The van der Waals surface area contributed by atoms with Crippen LogP contribution in [0.1, 0.15) is 12.5 Å². The molecular weight excluding hydrogens is 268 g/mol. The maximum absolute atomic E-state index is 10.8. The molecule has 2 rings (SSSR count). The summed E-state index contributed by atoms with van der Waals surface area (Å²) in [5.74, 6) is 0.0102. The van der Waals surface area contributed by atoms with Crippen LogP contribution >= 0.6 is 15.9 Å². The number of hydrogen-bond acceptors (Lipinski definition) is 1. The standard InChI is InChI=1S/C12H13BrN2O/c1-8(16)14-7-6-10-9-4-2-3-5-11(9)15-12(10)13/h2-5,15H,6-7H2,1H3,(H,14,16). The molecule has 0 aliphatic rings. The van der Waals surface area contributed by atoms with E-state index in [9.17, 15) is 4.79 Å². The third-order valence-electron chi connectivity index (χ3n) is 2.51. The molecule has 84 valence electrons. The van der Waals surface area contributed by atoms with Gasteiger partial charge in [0, 0.05) is 24.4 Å². The average molecular weight is 281 g/mol. The molecule has 2 aromatic rings. The van der Waals surface area contributed by atoms with Gasteiger partial charge in [0.2, 0.25) is 5.91 Å². The summed E-state index contributed by atoms with van der Waals surface area (Å²) >= 11 is 3.51. The summed E-state index contributed by atoms with van der Waals surface area (Å²) < 4.78 is 0.999. The summed E-state index contributed by atoms with van der Waals surface area (Å²) in [4.78, 5) is 14.1. The molecule has 1 aromatic heterocycles. The zero-order valence-electron chi connectivity index (χ0n) is 9.01. The van der Waals surface area contributed by atoms with Crippen molar-refractivity contribution in [1.82, 2.24) is 10.3 Å². The van der Waals surface area contributed by atoms with E-state index < -0.39 is 0 Å². The summed E-state index contributed by atoms with van der Waals surface area (Å²) in [7, 11) is 0. The van der Waals surface area contributed by atoms with Crippen LogP contribution in [0.25, 0.3) is 10.9 Å². The fourth-order valence-corrected chi connectivity index (χ4v) is 2.40. The van der Waals surface area contributed by atoms with E-state index in [1.807, 2.05) is 18.2 Å². The van der Waals surface area contributed by atoms with Crippen LogP contribution in [0.3, 0.4) is 0 Å². The minimum atomic E-state index is 0.0102.